The minimum atomic E-state index is 0.171. The van der Waals surface area contributed by atoms with Crippen LogP contribution in [0.4, 0.5) is 0 Å². The van der Waals surface area contributed by atoms with Crippen molar-refractivity contribution in [2.24, 2.45) is 0 Å². The number of hydrogen-bond acceptors (Lipinski definition) is 3. The molecule has 5 nitrogen and oxygen atoms in total. The molecule has 0 saturated carbocycles. The van der Waals surface area contributed by atoms with Crippen LogP contribution in [0.15, 0.2) is 0 Å². The monoisotopic (exact) mass is 302 g/mol. The molecular formula is C17H26N4O. The van der Waals surface area contributed by atoms with Gasteiger partial charge < -0.3 is 4.90 Å². The molecule has 0 spiro atoms. The number of carbonyl (C=O) groups is 1. The van der Waals surface area contributed by atoms with Gasteiger partial charge in [-0.3, -0.25) is 14.8 Å². The fourth-order valence-electron chi connectivity index (χ4n) is 4.76. The Hall–Kier alpha value is -1.36. The number of carbonyl (C=O) groups excluding carboxylic acids is 1. The summed E-state index contributed by atoms with van der Waals surface area (Å²) in [6, 6.07) is 0.951. The Balaban J connectivity index is 1.56. The Labute approximate surface area is 132 Å². The minimum absolute atomic E-state index is 0.171. The Morgan fingerprint density at radius 3 is 2.86 bits per heavy atom. The fraction of sp³-hybridized carbons (Fsp3) is 0.765. The first-order valence-corrected chi connectivity index (χ1v) is 8.90. The summed E-state index contributed by atoms with van der Waals surface area (Å²) in [5.74, 6) is 0.171. The van der Waals surface area contributed by atoms with Gasteiger partial charge in [0.2, 0.25) is 0 Å². The first-order chi connectivity index (χ1) is 10.8. The van der Waals surface area contributed by atoms with E-state index in [1.54, 1.807) is 0 Å². The van der Waals surface area contributed by atoms with Crippen molar-refractivity contribution in [1.82, 2.24) is 20.0 Å². The van der Waals surface area contributed by atoms with Gasteiger partial charge in [0.25, 0.3) is 5.91 Å². The predicted molar refractivity (Wildman–Crippen MR) is 84.9 cm³/mol. The lowest BCUT2D eigenvalue weighted by Gasteiger charge is -2.34. The Bertz CT molecular complexity index is 567. The van der Waals surface area contributed by atoms with Gasteiger partial charge in [0.15, 0.2) is 5.69 Å². The molecule has 0 bridgehead atoms. The van der Waals surface area contributed by atoms with Crippen LogP contribution in [0.1, 0.15) is 60.8 Å². The van der Waals surface area contributed by atoms with Gasteiger partial charge in [0, 0.05) is 29.9 Å². The van der Waals surface area contributed by atoms with Crippen LogP contribution >= 0.6 is 0 Å². The number of H-pyrrole nitrogens is 1. The van der Waals surface area contributed by atoms with Crippen LogP contribution in [-0.2, 0) is 12.8 Å². The van der Waals surface area contributed by atoms with Crippen molar-refractivity contribution in [3.05, 3.63) is 17.0 Å². The molecule has 120 valence electrons. The summed E-state index contributed by atoms with van der Waals surface area (Å²) in [6.07, 6.45) is 8.01. The molecule has 22 heavy (non-hydrogen) atoms. The second-order valence-electron chi connectivity index (χ2n) is 6.93. The van der Waals surface area contributed by atoms with Gasteiger partial charge in [-0.25, -0.2) is 0 Å². The highest BCUT2D eigenvalue weighted by molar-refractivity contribution is 5.94. The van der Waals surface area contributed by atoms with Crippen molar-refractivity contribution >= 4 is 5.91 Å². The van der Waals surface area contributed by atoms with Crippen LogP contribution in [0.3, 0.4) is 0 Å². The highest BCUT2D eigenvalue weighted by atomic mass is 16.2. The van der Waals surface area contributed by atoms with Crippen molar-refractivity contribution in [2.75, 3.05) is 19.6 Å². The molecule has 2 fully saturated rings. The largest absolute Gasteiger partial charge is 0.333 e. The van der Waals surface area contributed by atoms with Gasteiger partial charge in [-0.15, -0.1) is 0 Å². The van der Waals surface area contributed by atoms with E-state index in [0.29, 0.717) is 17.8 Å². The van der Waals surface area contributed by atoms with Crippen LogP contribution in [0, 0.1) is 0 Å². The van der Waals surface area contributed by atoms with Crippen molar-refractivity contribution < 1.29 is 4.79 Å². The van der Waals surface area contributed by atoms with Gasteiger partial charge in [0.05, 0.1) is 0 Å². The van der Waals surface area contributed by atoms with Crippen molar-refractivity contribution in [2.45, 2.75) is 64.0 Å². The van der Waals surface area contributed by atoms with Gasteiger partial charge in [0.1, 0.15) is 0 Å². The van der Waals surface area contributed by atoms with Gasteiger partial charge in [-0.05, 0) is 58.0 Å². The summed E-state index contributed by atoms with van der Waals surface area (Å²) in [5.41, 5.74) is 3.09. The average molecular weight is 302 g/mol. The third kappa shape index (κ3) is 2.18. The Morgan fingerprint density at radius 2 is 2.00 bits per heavy atom. The standard InChI is InChI=1S/C17H26N4O/c1-2-20-10-4-8-14(20)15-9-5-11-21(15)17(22)16-12-6-3-7-13(12)18-19-16/h14-15H,2-11H2,1H3,(H,18,19)/t14-,15+/m1/s1. The number of hydrogen-bond donors (Lipinski definition) is 1. The second kappa shape index (κ2) is 5.69. The molecule has 0 unspecified atom stereocenters. The van der Waals surface area contributed by atoms with Crippen molar-refractivity contribution in [1.29, 1.82) is 0 Å². The smallest absolute Gasteiger partial charge is 0.274 e. The zero-order valence-electron chi connectivity index (χ0n) is 13.5. The molecule has 1 N–H and O–H groups in total. The zero-order chi connectivity index (χ0) is 15.1. The maximum atomic E-state index is 13.1. The van der Waals surface area contributed by atoms with Gasteiger partial charge in [-0.1, -0.05) is 6.92 Å². The Morgan fingerprint density at radius 1 is 1.18 bits per heavy atom. The number of fused-ring (bicyclic) bond motifs is 1. The van der Waals surface area contributed by atoms with Gasteiger partial charge >= 0.3 is 0 Å². The second-order valence-corrected chi connectivity index (χ2v) is 6.93. The minimum Gasteiger partial charge on any atom is -0.333 e. The molecule has 2 saturated heterocycles. The quantitative estimate of drug-likeness (QED) is 0.929. The first kappa shape index (κ1) is 14.2. The number of amides is 1. The normalized spacial score (nSPS) is 28.5. The average Bonchev–Trinajstić information content (AvgIpc) is 3.27. The number of likely N-dealkylation sites (tertiary alicyclic amines) is 2. The maximum Gasteiger partial charge on any atom is 0.274 e. The molecule has 0 aromatic carbocycles. The highest BCUT2D eigenvalue weighted by Crippen LogP contribution is 2.32. The van der Waals surface area contributed by atoms with E-state index < -0.39 is 0 Å². The molecule has 4 rings (SSSR count). The zero-order valence-corrected chi connectivity index (χ0v) is 13.5. The van der Waals surface area contributed by atoms with Gasteiger partial charge in [-0.2, -0.15) is 5.10 Å². The summed E-state index contributed by atoms with van der Waals surface area (Å²) in [5, 5.41) is 7.44. The lowest BCUT2D eigenvalue weighted by Crippen LogP contribution is -2.48. The number of rotatable bonds is 3. The lowest BCUT2D eigenvalue weighted by molar-refractivity contribution is 0.0643. The van der Waals surface area contributed by atoms with E-state index in [-0.39, 0.29) is 5.91 Å². The van der Waals surface area contributed by atoms with Crippen LogP contribution in [-0.4, -0.2) is 57.6 Å². The summed E-state index contributed by atoms with van der Waals surface area (Å²) in [4.78, 5) is 17.7. The van der Waals surface area contributed by atoms with E-state index >= 15 is 0 Å². The van der Waals surface area contributed by atoms with Crippen molar-refractivity contribution in [3.8, 4) is 0 Å². The topological polar surface area (TPSA) is 52.2 Å². The molecule has 0 radical (unpaired) electrons. The third-order valence-corrected chi connectivity index (χ3v) is 5.83. The van der Waals surface area contributed by atoms with E-state index in [2.05, 4.69) is 26.9 Å². The van der Waals surface area contributed by atoms with Crippen LogP contribution < -0.4 is 0 Å². The van der Waals surface area contributed by atoms with Crippen LogP contribution in [0.2, 0.25) is 0 Å². The highest BCUT2D eigenvalue weighted by Gasteiger charge is 2.40. The number of likely N-dealkylation sites (N-methyl/N-ethyl adjacent to an activating group) is 1. The molecule has 1 aromatic heterocycles. The third-order valence-electron chi connectivity index (χ3n) is 5.83. The summed E-state index contributed by atoms with van der Waals surface area (Å²) in [6.45, 7) is 5.43. The maximum absolute atomic E-state index is 13.1. The van der Waals surface area contributed by atoms with Crippen LogP contribution in [0.25, 0.3) is 0 Å². The summed E-state index contributed by atoms with van der Waals surface area (Å²) in [7, 11) is 0. The summed E-state index contributed by atoms with van der Waals surface area (Å²) >= 11 is 0. The molecule has 3 heterocycles. The summed E-state index contributed by atoms with van der Waals surface area (Å²) < 4.78 is 0. The predicted octanol–water partition coefficient (Wildman–Crippen LogP) is 1.99. The van der Waals surface area contributed by atoms with E-state index in [0.717, 1.165) is 45.2 Å². The fourth-order valence-corrected chi connectivity index (χ4v) is 4.76. The molecular weight excluding hydrogens is 276 g/mol. The SMILES string of the molecule is CCN1CCC[C@@H]1[C@@H]1CCCN1C(=O)c1n[nH]c2c1CCC2. The van der Waals surface area contributed by atoms with E-state index in [1.807, 2.05) is 0 Å². The van der Waals surface area contributed by atoms with E-state index in [1.165, 1.54) is 30.6 Å². The Kier molecular flexibility index (Phi) is 3.68. The number of aromatic amines is 1. The molecule has 2 atom stereocenters. The molecule has 2 aliphatic heterocycles. The molecule has 3 aliphatic rings. The lowest BCUT2D eigenvalue weighted by atomic mass is 10.0. The van der Waals surface area contributed by atoms with E-state index in [4.69, 9.17) is 0 Å². The molecule has 1 aliphatic carbocycles. The van der Waals surface area contributed by atoms with Crippen LogP contribution in [0.5, 0.6) is 0 Å². The van der Waals surface area contributed by atoms with Crippen molar-refractivity contribution in [3.63, 3.8) is 0 Å². The number of aryl methyl sites for hydroxylation is 1. The number of nitrogens with one attached hydrogen (secondary N) is 1. The molecule has 1 amide bonds. The number of aromatic nitrogens is 2. The molecule has 5 heteroatoms. The number of nitrogens with zero attached hydrogens (tertiary/aromatic N) is 3. The van der Waals surface area contributed by atoms with E-state index in [9.17, 15) is 4.79 Å². The first-order valence-electron chi connectivity index (χ1n) is 8.90. The molecule has 1 aromatic rings.